The molecule has 1 heterocycles. The van der Waals surface area contributed by atoms with Crippen molar-refractivity contribution in [3.63, 3.8) is 0 Å². The topological polar surface area (TPSA) is 64.0 Å². The third-order valence-electron chi connectivity index (χ3n) is 3.73. The van der Waals surface area contributed by atoms with Gasteiger partial charge < -0.3 is 5.32 Å². The van der Waals surface area contributed by atoms with Crippen molar-refractivity contribution in [3.05, 3.63) is 86.1 Å². The van der Waals surface area contributed by atoms with Crippen molar-refractivity contribution < 1.29 is 4.79 Å². The van der Waals surface area contributed by atoms with Gasteiger partial charge in [0.1, 0.15) is 0 Å². The summed E-state index contributed by atoms with van der Waals surface area (Å²) in [6.07, 6.45) is 0. The van der Waals surface area contributed by atoms with E-state index in [0.717, 1.165) is 10.0 Å². The van der Waals surface area contributed by atoms with Crippen molar-refractivity contribution in [3.8, 4) is 11.3 Å². The molecule has 0 aliphatic carbocycles. The lowest BCUT2D eigenvalue weighted by atomic mass is 10.1. The number of carbonyl (C=O) groups is 1. The maximum Gasteiger partial charge on any atom is 0.266 e. The fourth-order valence-electron chi connectivity index (χ4n) is 2.40. The Balaban J connectivity index is 1.69. The molecule has 0 bridgehead atoms. The van der Waals surface area contributed by atoms with Crippen LogP contribution in [0.5, 0.6) is 0 Å². The normalized spacial score (nSPS) is 10.5. The van der Waals surface area contributed by atoms with E-state index in [4.69, 9.17) is 11.6 Å². The Labute approximate surface area is 163 Å². The molecule has 7 heteroatoms. The van der Waals surface area contributed by atoms with Crippen LogP contribution in [0.1, 0.15) is 10.4 Å². The summed E-state index contributed by atoms with van der Waals surface area (Å²) in [6.45, 7) is 0.563. The molecule has 0 unspecified atom stereocenters. The Morgan fingerprint density at radius 2 is 1.81 bits per heavy atom. The van der Waals surface area contributed by atoms with Gasteiger partial charge >= 0.3 is 0 Å². The first-order valence-corrected chi connectivity index (χ1v) is 9.08. The maximum absolute atomic E-state index is 12.2. The number of carbonyl (C=O) groups excluding carboxylic acids is 1. The summed E-state index contributed by atoms with van der Waals surface area (Å²) < 4.78 is 2.06. The van der Waals surface area contributed by atoms with Gasteiger partial charge in [0.15, 0.2) is 0 Å². The molecule has 0 spiro atoms. The Kier molecular flexibility index (Phi) is 5.85. The number of hydrogen-bond acceptors (Lipinski definition) is 3. The molecule has 132 valence electrons. The first kappa shape index (κ1) is 18.4. The Bertz CT molecular complexity index is 987. The maximum atomic E-state index is 12.2. The molecule has 3 rings (SSSR count). The summed E-state index contributed by atoms with van der Waals surface area (Å²) in [4.78, 5) is 24.2. The van der Waals surface area contributed by atoms with E-state index < -0.39 is 0 Å². The van der Waals surface area contributed by atoms with E-state index in [0.29, 0.717) is 16.3 Å². The molecule has 0 aliphatic heterocycles. The van der Waals surface area contributed by atoms with Gasteiger partial charge in [0.2, 0.25) is 0 Å². The highest BCUT2D eigenvalue weighted by atomic mass is 79.9. The number of nitrogens with one attached hydrogen (secondary N) is 1. The van der Waals surface area contributed by atoms with Gasteiger partial charge in [-0.05, 0) is 46.3 Å². The molecule has 26 heavy (non-hydrogen) atoms. The third kappa shape index (κ3) is 4.39. The molecule has 0 fully saturated rings. The van der Waals surface area contributed by atoms with Crippen molar-refractivity contribution in [1.82, 2.24) is 15.1 Å². The van der Waals surface area contributed by atoms with Crippen LogP contribution < -0.4 is 10.9 Å². The predicted octanol–water partition coefficient (Wildman–Crippen LogP) is 3.76. The van der Waals surface area contributed by atoms with Gasteiger partial charge in [-0.25, -0.2) is 4.68 Å². The Hall–Kier alpha value is -2.44. The zero-order chi connectivity index (χ0) is 18.5. The fraction of sp³-hybridized carbons (Fsp3) is 0.105. The number of aromatic nitrogens is 2. The van der Waals surface area contributed by atoms with Crippen molar-refractivity contribution in [1.29, 1.82) is 0 Å². The van der Waals surface area contributed by atoms with Crippen LogP contribution in [0.3, 0.4) is 0 Å². The van der Waals surface area contributed by atoms with E-state index in [1.54, 1.807) is 36.4 Å². The molecule has 1 amide bonds. The lowest BCUT2D eigenvalue weighted by Gasteiger charge is -2.09. The average molecular weight is 433 g/mol. The molecule has 2 aromatic carbocycles. The van der Waals surface area contributed by atoms with Crippen molar-refractivity contribution in [2.24, 2.45) is 0 Å². The molecule has 0 aliphatic rings. The summed E-state index contributed by atoms with van der Waals surface area (Å²) >= 11 is 9.24. The van der Waals surface area contributed by atoms with Crippen molar-refractivity contribution in [2.45, 2.75) is 6.54 Å². The van der Waals surface area contributed by atoms with E-state index in [-0.39, 0.29) is 24.6 Å². The van der Waals surface area contributed by atoms with Gasteiger partial charge in [0.25, 0.3) is 11.5 Å². The van der Waals surface area contributed by atoms with Crippen LogP contribution >= 0.6 is 27.5 Å². The van der Waals surface area contributed by atoms with Crippen LogP contribution in [0, 0.1) is 0 Å². The zero-order valence-electron chi connectivity index (χ0n) is 13.7. The monoisotopic (exact) mass is 431 g/mol. The largest absolute Gasteiger partial charge is 0.350 e. The molecule has 5 nitrogen and oxygen atoms in total. The molecule has 0 saturated heterocycles. The minimum atomic E-state index is -0.224. The summed E-state index contributed by atoms with van der Waals surface area (Å²) in [5, 5.41) is 7.79. The Morgan fingerprint density at radius 1 is 1.08 bits per heavy atom. The smallest absolute Gasteiger partial charge is 0.266 e. The molecule has 0 radical (unpaired) electrons. The van der Waals surface area contributed by atoms with Crippen LogP contribution in [0.25, 0.3) is 11.3 Å². The van der Waals surface area contributed by atoms with Crippen molar-refractivity contribution >= 4 is 33.4 Å². The molecule has 3 aromatic rings. The van der Waals surface area contributed by atoms with Crippen molar-refractivity contribution in [2.75, 3.05) is 6.54 Å². The van der Waals surface area contributed by atoms with Gasteiger partial charge in [0, 0.05) is 27.7 Å². The average Bonchev–Trinajstić information content (AvgIpc) is 2.64. The van der Waals surface area contributed by atoms with Gasteiger partial charge in [-0.1, -0.05) is 35.9 Å². The predicted molar refractivity (Wildman–Crippen MR) is 105 cm³/mol. The minimum absolute atomic E-state index is 0.209. The first-order valence-electron chi connectivity index (χ1n) is 7.91. The number of hydrogen-bond donors (Lipinski definition) is 1. The quantitative estimate of drug-likeness (QED) is 0.668. The summed E-state index contributed by atoms with van der Waals surface area (Å²) in [5.74, 6) is -0.209. The number of halogens is 2. The number of rotatable bonds is 5. The second-order valence-electron chi connectivity index (χ2n) is 5.52. The molecule has 0 atom stereocenters. The van der Waals surface area contributed by atoms with Gasteiger partial charge in [-0.3, -0.25) is 9.59 Å². The van der Waals surface area contributed by atoms with Crippen LogP contribution in [0.4, 0.5) is 0 Å². The lowest BCUT2D eigenvalue weighted by molar-refractivity contribution is 0.0951. The second-order valence-corrected chi connectivity index (χ2v) is 6.81. The van der Waals surface area contributed by atoms with E-state index >= 15 is 0 Å². The highest BCUT2D eigenvalue weighted by molar-refractivity contribution is 9.10. The van der Waals surface area contributed by atoms with E-state index in [1.165, 1.54) is 10.7 Å². The van der Waals surface area contributed by atoms with Gasteiger partial charge in [-0.2, -0.15) is 5.10 Å². The summed E-state index contributed by atoms with van der Waals surface area (Å²) in [5.41, 5.74) is 1.85. The molecule has 0 saturated carbocycles. The SMILES string of the molecule is O=C(NCCn1nc(-c2ccc(Cl)cc2)ccc1=O)c1ccccc1Br. The van der Waals surface area contributed by atoms with Crippen LogP contribution in [-0.2, 0) is 6.54 Å². The van der Waals surface area contributed by atoms with Crippen LogP contribution in [0.15, 0.2) is 69.9 Å². The fourth-order valence-corrected chi connectivity index (χ4v) is 2.99. The summed E-state index contributed by atoms with van der Waals surface area (Å²) in [7, 11) is 0. The number of amides is 1. The van der Waals surface area contributed by atoms with E-state index in [9.17, 15) is 9.59 Å². The second kappa shape index (κ2) is 8.29. The molecule has 1 N–H and O–H groups in total. The number of nitrogens with zero attached hydrogens (tertiary/aromatic N) is 2. The van der Waals surface area contributed by atoms with Crippen LogP contribution in [0.2, 0.25) is 5.02 Å². The van der Waals surface area contributed by atoms with Gasteiger partial charge in [-0.15, -0.1) is 0 Å². The molecular formula is C19H15BrClN3O2. The highest BCUT2D eigenvalue weighted by Gasteiger charge is 2.09. The van der Waals surface area contributed by atoms with E-state index in [1.807, 2.05) is 18.2 Å². The van der Waals surface area contributed by atoms with Gasteiger partial charge in [0.05, 0.1) is 17.8 Å². The first-order chi connectivity index (χ1) is 12.5. The molecular weight excluding hydrogens is 418 g/mol. The standard InChI is InChI=1S/C19H15BrClN3O2/c20-16-4-2-1-3-15(16)19(26)22-11-12-24-18(25)10-9-17(23-24)13-5-7-14(21)8-6-13/h1-10H,11-12H2,(H,22,26). The Morgan fingerprint density at radius 3 is 2.54 bits per heavy atom. The third-order valence-corrected chi connectivity index (χ3v) is 4.68. The van der Waals surface area contributed by atoms with Crippen LogP contribution in [-0.4, -0.2) is 22.2 Å². The minimum Gasteiger partial charge on any atom is -0.350 e. The summed E-state index contributed by atoms with van der Waals surface area (Å²) in [6, 6.07) is 17.5. The highest BCUT2D eigenvalue weighted by Crippen LogP contribution is 2.18. The van der Waals surface area contributed by atoms with E-state index in [2.05, 4.69) is 26.3 Å². The number of benzene rings is 2. The lowest BCUT2D eigenvalue weighted by Crippen LogP contribution is -2.32. The zero-order valence-corrected chi connectivity index (χ0v) is 16.0. The molecule has 1 aromatic heterocycles.